The summed E-state index contributed by atoms with van der Waals surface area (Å²) in [7, 11) is -1.95. The van der Waals surface area contributed by atoms with Crippen molar-refractivity contribution in [2.75, 3.05) is 6.54 Å². The van der Waals surface area contributed by atoms with Gasteiger partial charge in [0.2, 0.25) is 11.8 Å². The molecule has 45 heavy (non-hydrogen) atoms. The van der Waals surface area contributed by atoms with Crippen molar-refractivity contribution in [3.63, 3.8) is 0 Å². The Morgan fingerprint density at radius 3 is 2.71 bits per heavy atom. The molecule has 4 aliphatic rings. The first-order valence-corrected chi connectivity index (χ1v) is 17.3. The van der Waals surface area contributed by atoms with Crippen LogP contribution in [0.3, 0.4) is 0 Å². The standard InChI is InChI=1S/C22H27Cl2N3O5S2.C8H7FN.Y/c23-17-10-16(19(24)33-17)34(32)26-21(31)22-11-13(22)7-5-3-1-2-4-6-8-18(29)27-12-14(28)9-15(27)20(30)25-22;9-8-3-1-2-6-4-10-5-7(6)8;/h5,7,10,13-15,28H,1-4,6,8-9,11-12H2,(H,25,30)(H,26,31);1-3H,4-5H2;/q;-1;/b7-5-;;. The van der Waals surface area contributed by atoms with Crippen molar-refractivity contribution in [1.29, 1.82) is 0 Å². The van der Waals surface area contributed by atoms with E-state index in [1.165, 1.54) is 17.0 Å². The average molecular weight is 774 g/mol. The minimum absolute atomic E-state index is 0. The Morgan fingerprint density at radius 1 is 1.20 bits per heavy atom. The fourth-order valence-corrected chi connectivity index (χ4v) is 8.62. The van der Waals surface area contributed by atoms with Gasteiger partial charge in [-0.3, -0.25) is 19.1 Å². The number of thiophene rings is 1. The molecule has 1 aromatic carbocycles. The van der Waals surface area contributed by atoms with Gasteiger partial charge in [-0.2, -0.15) is 0 Å². The van der Waals surface area contributed by atoms with Crippen LogP contribution in [0, 0.1) is 11.7 Å². The van der Waals surface area contributed by atoms with Gasteiger partial charge in [-0.1, -0.05) is 65.9 Å². The summed E-state index contributed by atoms with van der Waals surface area (Å²) >= 11 is 13.1. The monoisotopic (exact) mass is 772 g/mol. The normalized spacial score (nSPS) is 27.6. The Balaban J connectivity index is 0.000000353. The molecule has 5 unspecified atom stereocenters. The van der Waals surface area contributed by atoms with Gasteiger partial charge in [-0.25, -0.2) is 8.60 Å². The van der Waals surface area contributed by atoms with Crippen molar-refractivity contribution in [1.82, 2.24) is 14.9 Å². The number of nitrogens with one attached hydrogen (secondary N) is 2. The molecule has 5 atom stereocenters. The molecule has 3 aliphatic heterocycles. The molecule has 1 saturated carbocycles. The summed E-state index contributed by atoms with van der Waals surface area (Å²) in [5.74, 6) is -1.63. The van der Waals surface area contributed by atoms with Crippen LogP contribution in [0.2, 0.25) is 8.67 Å². The molecular formula is C30H34Cl2FN4O5S2Y-. The third-order valence-corrected chi connectivity index (χ3v) is 11.1. The largest absolute Gasteiger partial charge is 0.655 e. The summed E-state index contributed by atoms with van der Waals surface area (Å²) in [6.07, 6.45) is 8.37. The van der Waals surface area contributed by atoms with E-state index in [2.05, 4.69) is 15.4 Å². The first-order chi connectivity index (χ1) is 21.1. The van der Waals surface area contributed by atoms with Gasteiger partial charge in [0.05, 0.1) is 15.3 Å². The van der Waals surface area contributed by atoms with Gasteiger partial charge in [0.15, 0.2) is 11.0 Å². The zero-order valence-electron chi connectivity index (χ0n) is 24.5. The summed E-state index contributed by atoms with van der Waals surface area (Å²) in [6.45, 7) is 1.34. The average Bonchev–Trinajstić information content (AvgIpc) is 3.31. The molecule has 9 nitrogen and oxygen atoms in total. The van der Waals surface area contributed by atoms with Crippen LogP contribution in [0.25, 0.3) is 5.32 Å². The minimum atomic E-state index is -1.95. The Bertz CT molecular complexity index is 1480. The molecule has 241 valence electrons. The molecule has 2 fully saturated rings. The minimum Gasteiger partial charge on any atom is -0.655 e. The van der Waals surface area contributed by atoms with Crippen LogP contribution in [-0.2, 0) is 71.2 Å². The van der Waals surface area contributed by atoms with E-state index in [0.717, 1.165) is 54.6 Å². The van der Waals surface area contributed by atoms with Crippen molar-refractivity contribution in [3.05, 3.63) is 67.4 Å². The van der Waals surface area contributed by atoms with E-state index in [1.807, 2.05) is 18.2 Å². The van der Waals surface area contributed by atoms with Gasteiger partial charge < -0.3 is 20.6 Å². The van der Waals surface area contributed by atoms with E-state index >= 15 is 0 Å². The van der Waals surface area contributed by atoms with E-state index in [0.29, 0.717) is 30.3 Å². The Kier molecular flexibility index (Phi) is 13.2. The number of carbonyl (C=O) groups excluding carboxylic acids is 3. The summed E-state index contributed by atoms with van der Waals surface area (Å²) in [4.78, 5) is 40.9. The maximum absolute atomic E-state index is 13.3. The zero-order valence-corrected chi connectivity index (χ0v) is 30.5. The van der Waals surface area contributed by atoms with E-state index < -0.39 is 40.5 Å². The Labute approximate surface area is 303 Å². The van der Waals surface area contributed by atoms with Gasteiger partial charge >= 0.3 is 0 Å². The number of carbonyl (C=O) groups is 3. The molecular weight excluding hydrogens is 739 g/mol. The van der Waals surface area contributed by atoms with Crippen molar-refractivity contribution in [2.45, 2.75) is 87.0 Å². The van der Waals surface area contributed by atoms with Gasteiger partial charge in [0, 0.05) is 58.0 Å². The molecule has 4 heterocycles. The van der Waals surface area contributed by atoms with Crippen LogP contribution in [0.15, 0.2) is 41.3 Å². The van der Waals surface area contributed by atoms with E-state index in [-0.39, 0.29) is 72.5 Å². The molecule has 1 radical (unpaired) electrons. The van der Waals surface area contributed by atoms with E-state index in [9.17, 15) is 28.1 Å². The summed E-state index contributed by atoms with van der Waals surface area (Å²) in [5.41, 5.74) is 0.542. The number of allylic oxidation sites excluding steroid dienone is 1. The SMILES string of the molecule is Fc1cccc2c1C[N-]C2.O=C1NC2(C(=O)NS(=O)c3cc(Cl)sc3Cl)CC2/C=C\CCCCCCC(=O)N2CC(O)CC12.[Y]. The van der Waals surface area contributed by atoms with Crippen LogP contribution in [-0.4, -0.2) is 56.2 Å². The van der Waals surface area contributed by atoms with Crippen molar-refractivity contribution >= 4 is 63.2 Å². The third-order valence-electron chi connectivity index (χ3n) is 8.33. The number of aliphatic hydroxyl groups is 1. The molecule has 1 saturated heterocycles. The Morgan fingerprint density at radius 2 is 1.98 bits per heavy atom. The van der Waals surface area contributed by atoms with Crippen molar-refractivity contribution in [3.8, 4) is 0 Å². The quantitative estimate of drug-likeness (QED) is 0.372. The van der Waals surface area contributed by atoms with E-state index in [4.69, 9.17) is 23.2 Å². The van der Waals surface area contributed by atoms with Crippen LogP contribution in [0.4, 0.5) is 4.39 Å². The van der Waals surface area contributed by atoms with Crippen LogP contribution in [0.1, 0.15) is 62.5 Å². The molecule has 15 heteroatoms. The predicted molar refractivity (Wildman–Crippen MR) is 168 cm³/mol. The number of nitrogens with zero attached hydrogens (tertiary/aromatic N) is 2. The summed E-state index contributed by atoms with van der Waals surface area (Å²) in [6, 6.07) is 5.73. The first kappa shape index (κ1) is 36.6. The maximum Gasteiger partial charge on any atom is 0.258 e. The topological polar surface area (TPSA) is 130 Å². The fourth-order valence-electron chi connectivity index (χ4n) is 5.82. The molecule has 1 aromatic heterocycles. The van der Waals surface area contributed by atoms with Crippen molar-refractivity contribution < 1.29 is 60.8 Å². The number of hydrogen-bond acceptors (Lipinski definition) is 6. The van der Waals surface area contributed by atoms with Crippen LogP contribution in [0.5, 0.6) is 0 Å². The number of amides is 3. The van der Waals surface area contributed by atoms with Gasteiger partial charge in [-0.15, -0.1) is 24.4 Å². The van der Waals surface area contributed by atoms with Crippen LogP contribution >= 0.6 is 34.5 Å². The molecule has 3 N–H and O–H groups in total. The second-order valence-electron chi connectivity index (χ2n) is 11.4. The number of hydrogen-bond donors (Lipinski definition) is 3. The number of halogens is 3. The maximum atomic E-state index is 13.3. The predicted octanol–water partition coefficient (Wildman–Crippen LogP) is 5.15. The summed E-state index contributed by atoms with van der Waals surface area (Å²) < 4.78 is 28.6. The number of benzene rings is 1. The number of rotatable bonds is 3. The Hall–Kier alpha value is -1.25. The van der Waals surface area contributed by atoms with Crippen LogP contribution < -0.4 is 10.0 Å². The fraction of sp³-hybridized carbons (Fsp3) is 0.500. The second-order valence-corrected chi connectivity index (χ2v) is 14.9. The number of fused-ring (bicyclic) bond motifs is 3. The van der Waals surface area contributed by atoms with Crippen molar-refractivity contribution in [2.24, 2.45) is 5.92 Å². The molecule has 6 rings (SSSR count). The van der Waals surface area contributed by atoms with Gasteiger partial charge in [0.1, 0.15) is 21.7 Å². The summed E-state index contributed by atoms with van der Waals surface area (Å²) in [5, 5.41) is 17.1. The smallest absolute Gasteiger partial charge is 0.258 e. The first-order valence-electron chi connectivity index (χ1n) is 14.6. The molecule has 0 bridgehead atoms. The zero-order chi connectivity index (χ0) is 31.4. The molecule has 3 amide bonds. The van der Waals surface area contributed by atoms with E-state index in [1.54, 1.807) is 6.07 Å². The van der Waals surface area contributed by atoms with Gasteiger partial charge in [-0.05, 0) is 43.4 Å². The molecule has 2 aromatic rings. The molecule has 0 spiro atoms. The van der Waals surface area contributed by atoms with Gasteiger partial charge in [0.25, 0.3) is 5.91 Å². The number of aliphatic hydroxyl groups excluding tert-OH is 1. The molecule has 1 aliphatic carbocycles. The second kappa shape index (κ2) is 16.2. The third kappa shape index (κ3) is 8.81.